The number of benzene rings is 1. The van der Waals surface area contributed by atoms with Crippen molar-refractivity contribution in [1.29, 1.82) is 0 Å². The first kappa shape index (κ1) is 13.4. The van der Waals surface area contributed by atoms with Gasteiger partial charge in [0.15, 0.2) is 4.64 Å². The average Bonchev–Trinajstić information content (AvgIpc) is 2.79. The van der Waals surface area contributed by atoms with E-state index in [0.717, 1.165) is 5.56 Å². The third-order valence-electron chi connectivity index (χ3n) is 2.00. The number of aromatic nitrogens is 3. The summed E-state index contributed by atoms with van der Waals surface area (Å²) in [6.07, 6.45) is 0. The number of rotatable bonds is 3. The molecule has 0 amide bonds. The Hall–Kier alpha value is -1.66. The number of nitrogens with two attached hydrogens (primary N) is 1. The lowest BCUT2D eigenvalue weighted by Crippen LogP contribution is -2.30. The van der Waals surface area contributed by atoms with E-state index in [1.54, 1.807) is 0 Å². The molecule has 17 heavy (non-hydrogen) atoms. The molecule has 6 heteroatoms. The molecule has 2 aromatic rings. The largest absolute Gasteiger partial charge is 0.286 e. The Labute approximate surface area is 106 Å². The quantitative estimate of drug-likeness (QED) is 0.445. The number of anilines is 1. The van der Waals surface area contributed by atoms with Crippen LogP contribution in [-0.2, 0) is 6.54 Å². The second kappa shape index (κ2) is 6.82. The van der Waals surface area contributed by atoms with E-state index in [9.17, 15) is 0 Å². The summed E-state index contributed by atoms with van der Waals surface area (Å²) in [5.41, 5.74) is 1.11. The molecule has 1 heterocycles. The molecule has 0 atom stereocenters. The van der Waals surface area contributed by atoms with Crippen molar-refractivity contribution in [3.8, 4) is 0 Å². The van der Waals surface area contributed by atoms with Crippen LogP contribution in [0.15, 0.2) is 30.3 Å². The highest BCUT2D eigenvalue weighted by Crippen LogP contribution is 2.09. The van der Waals surface area contributed by atoms with Gasteiger partial charge in [0.1, 0.15) is 0 Å². The Morgan fingerprint density at radius 3 is 2.47 bits per heavy atom. The average molecular weight is 251 g/mol. The van der Waals surface area contributed by atoms with E-state index in [1.807, 2.05) is 44.2 Å². The zero-order chi connectivity index (χ0) is 12.7. The zero-order valence-corrected chi connectivity index (χ0v) is 10.8. The number of aromatic amines is 2. The van der Waals surface area contributed by atoms with Crippen molar-refractivity contribution in [3.63, 3.8) is 0 Å². The van der Waals surface area contributed by atoms with Crippen LogP contribution in [0.2, 0.25) is 0 Å². The molecule has 0 fully saturated rings. The fourth-order valence-corrected chi connectivity index (χ4v) is 1.50. The second-order valence-corrected chi connectivity index (χ2v) is 3.52. The Balaban J connectivity index is 0.000000686. The zero-order valence-electron chi connectivity index (χ0n) is 9.97. The molecule has 92 valence electrons. The topological polar surface area (TPSA) is 73.7 Å². The van der Waals surface area contributed by atoms with Crippen LogP contribution in [-0.4, -0.2) is 15.4 Å². The molecular weight excluding hydrogens is 234 g/mol. The minimum atomic E-state index is 0.508. The van der Waals surface area contributed by atoms with E-state index in [-0.39, 0.29) is 0 Å². The van der Waals surface area contributed by atoms with Gasteiger partial charge in [-0.25, -0.2) is 11.1 Å². The Morgan fingerprint density at radius 1 is 1.29 bits per heavy atom. The van der Waals surface area contributed by atoms with Crippen LogP contribution in [0.25, 0.3) is 0 Å². The second-order valence-electron chi connectivity index (χ2n) is 3.11. The number of hydrogen-bond acceptors (Lipinski definition) is 4. The summed E-state index contributed by atoms with van der Waals surface area (Å²) in [7, 11) is 0. The number of H-pyrrole nitrogens is 2. The van der Waals surface area contributed by atoms with E-state index >= 15 is 0 Å². The van der Waals surface area contributed by atoms with Gasteiger partial charge in [0.2, 0.25) is 5.82 Å². The summed E-state index contributed by atoms with van der Waals surface area (Å²) in [5, 5.41) is 10.7. The smallest absolute Gasteiger partial charge is 0.201 e. The van der Waals surface area contributed by atoms with Crippen molar-refractivity contribution in [1.82, 2.24) is 15.4 Å². The molecule has 5 nitrogen and oxygen atoms in total. The summed E-state index contributed by atoms with van der Waals surface area (Å²) in [4.78, 5) is 0. The van der Waals surface area contributed by atoms with Gasteiger partial charge in [0.25, 0.3) is 0 Å². The van der Waals surface area contributed by atoms with Crippen molar-refractivity contribution in [2.24, 2.45) is 5.84 Å². The molecule has 0 saturated heterocycles. The molecule has 0 saturated carbocycles. The SMILES string of the molecule is CC.NN(Cc1ccccc1)c1n[nH][nH]c1=S. The third-order valence-corrected chi connectivity index (χ3v) is 2.29. The number of hydrogen-bond donors (Lipinski definition) is 3. The van der Waals surface area contributed by atoms with E-state index < -0.39 is 0 Å². The molecule has 0 radical (unpaired) electrons. The van der Waals surface area contributed by atoms with E-state index in [1.165, 1.54) is 5.01 Å². The van der Waals surface area contributed by atoms with Crippen LogP contribution in [0.5, 0.6) is 0 Å². The Morgan fingerprint density at radius 2 is 1.94 bits per heavy atom. The normalized spacial score (nSPS) is 9.35. The maximum atomic E-state index is 5.84. The van der Waals surface area contributed by atoms with Crippen LogP contribution in [0.3, 0.4) is 0 Å². The standard InChI is InChI=1S/C9H11N5S.C2H6/c10-14(8-9(15)12-13-11-8)6-7-4-2-1-3-5-7;1-2/h1-5H,6,10H2,(H2,11,12,13,15);1-2H3. The van der Waals surface area contributed by atoms with Crippen molar-refractivity contribution in [3.05, 3.63) is 40.5 Å². The van der Waals surface area contributed by atoms with E-state index in [2.05, 4.69) is 15.4 Å². The lowest BCUT2D eigenvalue weighted by molar-refractivity contribution is 0.821. The van der Waals surface area contributed by atoms with Gasteiger partial charge >= 0.3 is 0 Å². The van der Waals surface area contributed by atoms with Gasteiger partial charge in [-0.2, -0.15) is 0 Å². The van der Waals surface area contributed by atoms with Crippen LogP contribution in [0.1, 0.15) is 19.4 Å². The predicted molar refractivity (Wildman–Crippen MR) is 71.9 cm³/mol. The number of nitrogens with one attached hydrogen (secondary N) is 2. The first-order chi connectivity index (χ1) is 8.27. The highest BCUT2D eigenvalue weighted by Gasteiger charge is 2.06. The van der Waals surface area contributed by atoms with Crippen molar-refractivity contribution >= 4 is 18.0 Å². The predicted octanol–water partition coefficient (Wildman–Crippen LogP) is 2.37. The highest BCUT2D eigenvalue weighted by molar-refractivity contribution is 7.71. The van der Waals surface area contributed by atoms with Gasteiger partial charge in [-0.1, -0.05) is 56.4 Å². The van der Waals surface area contributed by atoms with Gasteiger partial charge in [-0.3, -0.25) is 10.1 Å². The lowest BCUT2D eigenvalue weighted by atomic mass is 10.2. The lowest BCUT2D eigenvalue weighted by Gasteiger charge is -2.14. The summed E-state index contributed by atoms with van der Waals surface area (Å²) >= 11 is 5.01. The van der Waals surface area contributed by atoms with Crippen LogP contribution >= 0.6 is 12.2 Å². The van der Waals surface area contributed by atoms with Crippen molar-refractivity contribution in [2.45, 2.75) is 20.4 Å². The molecule has 1 aromatic carbocycles. The van der Waals surface area contributed by atoms with Gasteiger partial charge in [-0.05, 0) is 5.56 Å². The van der Waals surface area contributed by atoms with E-state index in [0.29, 0.717) is 17.0 Å². The first-order valence-corrected chi connectivity index (χ1v) is 5.87. The highest BCUT2D eigenvalue weighted by atomic mass is 32.1. The first-order valence-electron chi connectivity index (χ1n) is 5.46. The fraction of sp³-hybridized carbons (Fsp3) is 0.273. The summed E-state index contributed by atoms with van der Waals surface area (Å²) in [5.74, 6) is 6.39. The van der Waals surface area contributed by atoms with Gasteiger partial charge < -0.3 is 0 Å². The molecular formula is C11H17N5S. The molecule has 0 unspecified atom stereocenters. The van der Waals surface area contributed by atoms with Crippen LogP contribution < -0.4 is 10.9 Å². The molecule has 0 aliphatic rings. The minimum Gasteiger partial charge on any atom is -0.286 e. The molecule has 2 rings (SSSR count). The molecule has 4 N–H and O–H groups in total. The number of nitrogens with zero attached hydrogens (tertiary/aromatic N) is 2. The molecule has 1 aromatic heterocycles. The van der Waals surface area contributed by atoms with Gasteiger partial charge in [-0.15, -0.1) is 5.10 Å². The maximum absolute atomic E-state index is 5.84. The van der Waals surface area contributed by atoms with Crippen molar-refractivity contribution < 1.29 is 0 Å². The number of hydrazine groups is 1. The summed E-state index contributed by atoms with van der Waals surface area (Å²) in [6.45, 7) is 4.57. The molecule has 0 bridgehead atoms. The maximum Gasteiger partial charge on any atom is 0.201 e. The Bertz CT molecular complexity index is 476. The van der Waals surface area contributed by atoms with E-state index in [4.69, 9.17) is 18.1 Å². The molecule has 0 spiro atoms. The third kappa shape index (κ3) is 3.69. The summed E-state index contributed by atoms with van der Waals surface area (Å²) in [6, 6.07) is 9.90. The monoisotopic (exact) mass is 251 g/mol. The summed E-state index contributed by atoms with van der Waals surface area (Å²) < 4.78 is 0.508. The molecule has 0 aliphatic carbocycles. The minimum absolute atomic E-state index is 0.508. The van der Waals surface area contributed by atoms with Crippen LogP contribution in [0, 0.1) is 4.64 Å². The molecule has 0 aliphatic heterocycles. The fourth-order valence-electron chi connectivity index (χ4n) is 1.29. The van der Waals surface area contributed by atoms with Gasteiger partial charge in [0.05, 0.1) is 6.54 Å². The van der Waals surface area contributed by atoms with Gasteiger partial charge in [0, 0.05) is 0 Å². The van der Waals surface area contributed by atoms with Crippen LogP contribution in [0.4, 0.5) is 5.82 Å². The van der Waals surface area contributed by atoms with Crippen molar-refractivity contribution in [2.75, 3.05) is 5.01 Å². The Kier molecular flexibility index (Phi) is 5.38.